The third-order valence-corrected chi connectivity index (χ3v) is 6.22. The number of benzene rings is 3. The van der Waals surface area contributed by atoms with Crippen molar-refractivity contribution in [2.75, 3.05) is 5.75 Å². The van der Waals surface area contributed by atoms with E-state index in [1.54, 1.807) is 6.21 Å². The Balaban J connectivity index is 1.25. The average Bonchev–Trinajstić information content (AvgIpc) is 3.31. The second kappa shape index (κ2) is 12.2. The van der Waals surface area contributed by atoms with Gasteiger partial charge in [0.2, 0.25) is 0 Å². The second-order valence-electron chi connectivity index (χ2n) is 7.48. The molecule has 0 aliphatic rings. The summed E-state index contributed by atoms with van der Waals surface area (Å²) in [4.78, 5) is 12.3. The maximum atomic E-state index is 12.3. The lowest BCUT2D eigenvalue weighted by atomic mass is 10.2. The number of rotatable bonds is 10. The van der Waals surface area contributed by atoms with Gasteiger partial charge in [-0.1, -0.05) is 53.7 Å². The van der Waals surface area contributed by atoms with Crippen molar-refractivity contribution < 1.29 is 9.53 Å². The molecular formula is C26H24ClN5O2S. The Kier molecular flexibility index (Phi) is 8.53. The number of hydrazone groups is 1. The molecule has 0 bridgehead atoms. The van der Waals surface area contributed by atoms with Gasteiger partial charge in [0.05, 0.1) is 12.0 Å². The fourth-order valence-electron chi connectivity index (χ4n) is 3.23. The lowest BCUT2D eigenvalue weighted by molar-refractivity contribution is -0.118. The summed E-state index contributed by atoms with van der Waals surface area (Å²) in [5.41, 5.74) is 5.43. The number of aromatic nitrogens is 3. The van der Waals surface area contributed by atoms with E-state index in [9.17, 15) is 4.79 Å². The number of amides is 1. The Morgan fingerprint density at radius 1 is 1.06 bits per heavy atom. The van der Waals surface area contributed by atoms with Crippen LogP contribution in [0.1, 0.15) is 18.1 Å². The molecule has 1 N–H and O–H groups in total. The van der Waals surface area contributed by atoms with E-state index in [1.807, 2.05) is 90.4 Å². The van der Waals surface area contributed by atoms with Crippen molar-refractivity contribution in [3.63, 3.8) is 0 Å². The quantitative estimate of drug-likeness (QED) is 0.176. The first-order chi connectivity index (χ1) is 17.1. The molecule has 35 heavy (non-hydrogen) atoms. The molecule has 0 atom stereocenters. The first-order valence-corrected chi connectivity index (χ1v) is 12.4. The summed E-state index contributed by atoms with van der Waals surface area (Å²) >= 11 is 7.29. The third-order valence-electron chi connectivity index (χ3n) is 5.00. The molecule has 1 heterocycles. The zero-order valence-corrected chi connectivity index (χ0v) is 20.7. The second-order valence-corrected chi connectivity index (χ2v) is 8.86. The molecular weight excluding hydrogens is 482 g/mol. The number of ether oxygens (including phenoxy) is 1. The molecule has 1 amide bonds. The Bertz CT molecular complexity index is 1280. The van der Waals surface area contributed by atoms with Gasteiger partial charge in [-0.15, -0.1) is 10.2 Å². The lowest BCUT2D eigenvalue weighted by Crippen LogP contribution is -2.20. The molecule has 0 radical (unpaired) electrons. The molecule has 0 aliphatic heterocycles. The molecule has 178 valence electrons. The minimum absolute atomic E-state index is 0.169. The van der Waals surface area contributed by atoms with Crippen LogP contribution in [0.25, 0.3) is 11.4 Å². The average molecular weight is 506 g/mol. The molecule has 0 saturated heterocycles. The molecule has 9 heteroatoms. The van der Waals surface area contributed by atoms with Crippen molar-refractivity contribution in [3.8, 4) is 17.1 Å². The van der Waals surface area contributed by atoms with Gasteiger partial charge in [0, 0.05) is 17.1 Å². The summed E-state index contributed by atoms with van der Waals surface area (Å²) in [6, 6.07) is 24.9. The number of nitrogens with zero attached hydrogens (tertiary/aromatic N) is 4. The standard InChI is InChI=1S/C26H24ClN5O2S/c1-2-32-25(21-10-12-22(27)13-11-21)30-31-26(32)35-18-24(33)29-28-16-19-8-14-23(15-9-19)34-17-20-6-4-3-5-7-20/h3-16H,2,17-18H2,1H3,(H,29,33)/b28-16-. The molecule has 0 saturated carbocycles. The number of nitrogens with one attached hydrogen (secondary N) is 1. The predicted octanol–water partition coefficient (Wildman–Crippen LogP) is 5.44. The smallest absolute Gasteiger partial charge is 0.250 e. The van der Waals surface area contributed by atoms with Crippen LogP contribution in [0, 0.1) is 0 Å². The summed E-state index contributed by atoms with van der Waals surface area (Å²) in [5.74, 6) is 1.45. The van der Waals surface area contributed by atoms with E-state index in [2.05, 4.69) is 20.7 Å². The van der Waals surface area contributed by atoms with Gasteiger partial charge in [-0.3, -0.25) is 4.79 Å². The van der Waals surface area contributed by atoms with Crippen molar-refractivity contribution >= 4 is 35.5 Å². The molecule has 3 aromatic carbocycles. The predicted molar refractivity (Wildman–Crippen MR) is 140 cm³/mol. The van der Waals surface area contributed by atoms with Crippen molar-refractivity contribution in [2.24, 2.45) is 5.10 Å². The highest BCUT2D eigenvalue weighted by Gasteiger charge is 2.14. The van der Waals surface area contributed by atoms with Crippen LogP contribution in [0.5, 0.6) is 5.75 Å². The highest BCUT2D eigenvalue weighted by Crippen LogP contribution is 2.25. The lowest BCUT2D eigenvalue weighted by Gasteiger charge is -2.07. The number of carbonyl (C=O) groups excluding carboxylic acids is 1. The van der Waals surface area contributed by atoms with Gasteiger partial charge in [0.1, 0.15) is 12.4 Å². The van der Waals surface area contributed by atoms with Gasteiger partial charge in [-0.25, -0.2) is 5.43 Å². The van der Waals surface area contributed by atoms with Crippen molar-refractivity contribution in [2.45, 2.75) is 25.2 Å². The Labute approximate surface area is 213 Å². The first-order valence-electron chi connectivity index (χ1n) is 11.0. The Hall–Kier alpha value is -3.62. The van der Waals surface area contributed by atoms with E-state index in [-0.39, 0.29) is 11.7 Å². The van der Waals surface area contributed by atoms with Crippen LogP contribution in [0.2, 0.25) is 5.02 Å². The first kappa shape index (κ1) is 24.5. The molecule has 0 fully saturated rings. The molecule has 0 aliphatic carbocycles. The zero-order chi connectivity index (χ0) is 24.5. The number of hydrogen-bond acceptors (Lipinski definition) is 6. The third kappa shape index (κ3) is 6.94. The van der Waals surface area contributed by atoms with Gasteiger partial charge in [0.25, 0.3) is 5.91 Å². The molecule has 4 rings (SSSR count). The maximum absolute atomic E-state index is 12.3. The van der Waals surface area contributed by atoms with Crippen LogP contribution in [0.3, 0.4) is 0 Å². The number of thioether (sulfide) groups is 1. The summed E-state index contributed by atoms with van der Waals surface area (Å²) in [6.07, 6.45) is 1.59. The maximum Gasteiger partial charge on any atom is 0.250 e. The van der Waals surface area contributed by atoms with Crippen molar-refractivity contribution in [3.05, 3.63) is 95.0 Å². The molecule has 0 spiro atoms. The SMILES string of the molecule is CCn1c(SCC(=O)N/N=C\c2ccc(OCc3ccccc3)cc2)nnc1-c1ccc(Cl)cc1. The van der Waals surface area contributed by atoms with E-state index in [0.29, 0.717) is 23.3 Å². The minimum atomic E-state index is -0.229. The Morgan fingerprint density at radius 2 is 1.80 bits per heavy atom. The number of halogens is 1. The molecule has 7 nitrogen and oxygen atoms in total. The van der Waals surface area contributed by atoms with Gasteiger partial charge in [0.15, 0.2) is 11.0 Å². The van der Waals surface area contributed by atoms with Crippen LogP contribution in [-0.2, 0) is 17.9 Å². The van der Waals surface area contributed by atoms with Crippen LogP contribution in [0.4, 0.5) is 0 Å². The topological polar surface area (TPSA) is 81.4 Å². The summed E-state index contributed by atoms with van der Waals surface area (Å²) < 4.78 is 7.75. The minimum Gasteiger partial charge on any atom is -0.489 e. The van der Waals surface area contributed by atoms with Gasteiger partial charge in [-0.05, 0) is 66.6 Å². The van der Waals surface area contributed by atoms with Gasteiger partial charge < -0.3 is 9.30 Å². The van der Waals surface area contributed by atoms with Crippen LogP contribution < -0.4 is 10.2 Å². The fourth-order valence-corrected chi connectivity index (χ4v) is 4.15. The van der Waals surface area contributed by atoms with Crippen LogP contribution in [-0.4, -0.2) is 32.6 Å². The monoisotopic (exact) mass is 505 g/mol. The van der Waals surface area contributed by atoms with Crippen molar-refractivity contribution in [1.29, 1.82) is 0 Å². The highest BCUT2D eigenvalue weighted by atomic mass is 35.5. The molecule has 1 aromatic heterocycles. The zero-order valence-electron chi connectivity index (χ0n) is 19.1. The largest absolute Gasteiger partial charge is 0.489 e. The summed E-state index contributed by atoms with van der Waals surface area (Å²) in [5, 5.41) is 13.9. The molecule has 4 aromatic rings. The number of carbonyl (C=O) groups is 1. The van der Waals surface area contributed by atoms with E-state index >= 15 is 0 Å². The molecule has 0 unspecified atom stereocenters. The van der Waals surface area contributed by atoms with Crippen LogP contribution in [0.15, 0.2) is 89.1 Å². The van der Waals surface area contributed by atoms with Crippen molar-refractivity contribution in [1.82, 2.24) is 20.2 Å². The van der Waals surface area contributed by atoms with E-state index in [1.165, 1.54) is 11.8 Å². The highest BCUT2D eigenvalue weighted by molar-refractivity contribution is 7.99. The van der Waals surface area contributed by atoms with Gasteiger partial charge in [-0.2, -0.15) is 5.10 Å². The van der Waals surface area contributed by atoms with E-state index < -0.39 is 0 Å². The number of hydrogen-bond donors (Lipinski definition) is 1. The van der Waals surface area contributed by atoms with Crippen LogP contribution >= 0.6 is 23.4 Å². The normalized spacial score (nSPS) is 11.0. The van der Waals surface area contributed by atoms with E-state index in [4.69, 9.17) is 16.3 Å². The fraction of sp³-hybridized carbons (Fsp3) is 0.154. The Morgan fingerprint density at radius 3 is 2.51 bits per heavy atom. The summed E-state index contributed by atoms with van der Waals surface area (Å²) in [7, 11) is 0. The van der Waals surface area contributed by atoms with Gasteiger partial charge >= 0.3 is 0 Å². The van der Waals surface area contributed by atoms with E-state index in [0.717, 1.165) is 28.3 Å². The summed E-state index contributed by atoms with van der Waals surface area (Å²) in [6.45, 7) is 3.20.